The molecule has 2 aliphatic heterocycles. The molecule has 0 saturated carbocycles. The summed E-state index contributed by atoms with van der Waals surface area (Å²) in [5, 5.41) is 4.78. The Balaban J connectivity index is 1.46. The first-order valence-electron chi connectivity index (χ1n) is 10.2. The summed E-state index contributed by atoms with van der Waals surface area (Å²) in [6.45, 7) is 2.84. The van der Waals surface area contributed by atoms with Gasteiger partial charge in [0.25, 0.3) is 11.8 Å². The summed E-state index contributed by atoms with van der Waals surface area (Å²) >= 11 is 0. The van der Waals surface area contributed by atoms with E-state index in [0.717, 1.165) is 21.9 Å². The van der Waals surface area contributed by atoms with Crippen LogP contribution in [0, 0.1) is 0 Å². The quantitative estimate of drug-likeness (QED) is 0.719. The average Bonchev–Trinajstić information content (AvgIpc) is 3.06. The first-order valence-corrected chi connectivity index (χ1v) is 10.2. The van der Waals surface area contributed by atoms with Crippen molar-refractivity contribution in [1.29, 1.82) is 0 Å². The summed E-state index contributed by atoms with van der Waals surface area (Å²) in [5.41, 5.74) is 2.14. The maximum absolute atomic E-state index is 13.4. The maximum Gasteiger partial charge on any atom is 0.254 e. The molecule has 2 amide bonds. The SMILES string of the molecule is CC1=NC2(CCN(C(=O)c3ccc(-c4ccncc4)c4ccccc34)CC2)C(=O)N1. The fraction of sp³-hybridized carbons (Fsp3) is 0.250. The van der Waals surface area contributed by atoms with Crippen LogP contribution in [0.5, 0.6) is 0 Å². The second-order valence-corrected chi connectivity index (χ2v) is 7.92. The normalized spacial score (nSPS) is 17.8. The van der Waals surface area contributed by atoms with E-state index in [9.17, 15) is 9.59 Å². The van der Waals surface area contributed by atoms with E-state index in [2.05, 4.69) is 15.3 Å². The van der Waals surface area contributed by atoms with Crippen LogP contribution in [-0.4, -0.2) is 46.2 Å². The number of aromatic nitrogens is 1. The number of nitrogens with one attached hydrogen (secondary N) is 1. The van der Waals surface area contributed by atoms with Gasteiger partial charge in [-0.1, -0.05) is 30.3 Å². The number of benzene rings is 2. The monoisotopic (exact) mass is 398 g/mol. The van der Waals surface area contributed by atoms with Gasteiger partial charge in [-0.15, -0.1) is 0 Å². The van der Waals surface area contributed by atoms with Gasteiger partial charge >= 0.3 is 0 Å². The zero-order valence-electron chi connectivity index (χ0n) is 16.8. The van der Waals surface area contributed by atoms with E-state index in [-0.39, 0.29) is 11.8 Å². The van der Waals surface area contributed by atoms with Crippen molar-refractivity contribution >= 4 is 28.4 Å². The molecule has 0 bridgehead atoms. The van der Waals surface area contributed by atoms with E-state index >= 15 is 0 Å². The molecule has 1 fully saturated rings. The van der Waals surface area contributed by atoms with E-state index in [4.69, 9.17) is 0 Å². The van der Waals surface area contributed by atoms with Gasteiger partial charge in [0.15, 0.2) is 0 Å². The average molecular weight is 398 g/mol. The third kappa shape index (κ3) is 2.96. The molecule has 1 aromatic heterocycles. The maximum atomic E-state index is 13.4. The number of amides is 2. The Bertz CT molecular complexity index is 1180. The second-order valence-electron chi connectivity index (χ2n) is 7.92. The van der Waals surface area contributed by atoms with Crippen molar-refractivity contribution in [2.24, 2.45) is 4.99 Å². The molecule has 2 aliphatic rings. The van der Waals surface area contributed by atoms with E-state index in [1.807, 2.05) is 53.4 Å². The third-order valence-electron chi connectivity index (χ3n) is 6.12. The van der Waals surface area contributed by atoms with Gasteiger partial charge in [0.2, 0.25) is 0 Å². The van der Waals surface area contributed by atoms with Crippen LogP contribution >= 0.6 is 0 Å². The van der Waals surface area contributed by atoms with Crippen LogP contribution in [-0.2, 0) is 4.79 Å². The molecule has 2 aromatic carbocycles. The molecule has 1 spiro atoms. The van der Waals surface area contributed by atoms with Crippen LogP contribution in [0.3, 0.4) is 0 Å². The van der Waals surface area contributed by atoms with Crippen molar-refractivity contribution in [3.8, 4) is 11.1 Å². The number of hydrogen-bond acceptors (Lipinski definition) is 4. The fourth-order valence-electron chi connectivity index (χ4n) is 4.54. The molecule has 1 saturated heterocycles. The molecule has 5 rings (SSSR count). The zero-order valence-corrected chi connectivity index (χ0v) is 16.8. The number of rotatable bonds is 2. The summed E-state index contributed by atoms with van der Waals surface area (Å²) in [6.07, 6.45) is 4.65. The zero-order chi connectivity index (χ0) is 20.7. The van der Waals surface area contributed by atoms with Crippen LogP contribution in [0.2, 0.25) is 0 Å². The number of hydrogen-bond donors (Lipinski definition) is 1. The minimum absolute atomic E-state index is 0.00133. The number of carbonyl (C=O) groups excluding carboxylic acids is 2. The van der Waals surface area contributed by atoms with E-state index in [0.29, 0.717) is 37.3 Å². The molecule has 3 aromatic rings. The van der Waals surface area contributed by atoms with Crippen LogP contribution in [0.1, 0.15) is 30.1 Å². The van der Waals surface area contributed by atoms with Crippen LogP contribution in [0.4, 0.5) is 0 Å². The fourth-order valence-corrected chi connectivity index (χ4v) is 4.54. The molecule has 30 heavy (non-hydrogen) atoms. The molecule has 0 unspecified atom stereocenters. The van der Waals surface area contributed by atoms with Gasteiger partial charge in [-0.05, 0) is 59.9 Å². The molecule has 1 N–H and O–H groups in total. The molecule has 150 valence electrons. The Hall–Kier alpha value is -3.54. The predicted molar refractivity (Wildman–Crippen MR) is 116 cm³/mol. The van der Waals surface area contributed by atoms with Crippen LogP contribution < -0.4 is 5.32 Å². The number of carbonyl (C=O) groups is 2. The molecular weight excluding hydrogens is 376 g/mol. The van der Waals surface area contributed by atoms with Gasteiger partial charge in [0.05, 0.1) is 0 Å². The van der Waals surface area contributed by atoms with Crippen molar-refractivity contribution < 1.29 is 9.59 Å². The number of likely N-dealkylation sites (tertiary alicyclic amines) is 1. The third-order valence-corrected chi connectivity index (χ3v) is 6.12. The highest BCUT2D eigenvalue weighted by atomic mass is 16.2. The number of fused-ring (bicyclic) bond motifs is 1. The van der Waals surface area contributed by atoms with E-state index in [1.54, 1.807) is 19.3 Å². The van der Waals surface area contributed by atoms with Gasteiger partial charge in [-0.25, -0.2) is 0 Å². The van der Waals surface area contributed by atoms with Crippen molar-refractivity contribution in [1.82, 2.24) is 15.2 Å². The van der Waals surface area contributed by atoms with Crippen molar-refractivity contribution in [3.63, 3.8) is 0 Å². The van der Waals surface area contributed by atoms with Crippen molar-refractivity contribution in [3.05, 3.63) is 66.5 Å². The summed E-state index contributed by atoms with van der Waals surface area (Å²) < 4.78 is 0. The number of nitrogens with zero attached hydrogens (tertiary/aromatic N) is 3. The standard InChI is InChI=1S/C24H22N4O2/c1-16-26-23(30)24(27-16)10-14-28(15-11-24)22(29)21-7-6-18(17-8-12-25-13-9-17)19-4-2-3-5-20(19)21/h2-9,12-13H,10-11,14-15H2,1H3,(H,26,27,30). The Kier molecular flexibility index (Phi) is 4.35. The molecule has 3 heterocycles. The lowest BCUT2D eigenvalue weighted by Gasteiger charge is -2.35. The summed E-state index contributed by atoms with van der Waals surface area (Å²) in [5.74, 6) is 0.623. The second kappa shape index (κ2) is 7.06. The lowest BCUT2D eigenvalue weighted by molar-refractivity contribution is -0.125. The lowest BCUT2D eigenvalue weighted by atomic mass is 9.87. The highest BCUT2D eigenvalue weighted by molar-refractivity contribution is 6.11. The minimum atomic E-state index is -0.700. The Morgan fingerprint density at radius 2 is 1.70 bits per heavy atom. The van der Waals surface area contributed by atoms with E-state index in [1.165, 1.54) is 0 Å². The summed E-state index contributed by atoms with van der Waals surface area (Å²) in [7, 11) is 0. The highest BCUT2D eigenvalue weighted by Crippen LogP contribution is 2.33. The molecule has 0 radical (unpaired) electrons. The molecule has 0 aliphatic carbocycles. The Morgan fingerprint density at radius 3 is 2.37 bits per heavy atom. The van der Waals surface area contributed by atoms with Gasteiger partial charge in [0, 0.05) is 31.0 Å². The van der Waals surface area contributed by atoms with E-state index < -0.39 is 5.54 Å². The molecule has 6 heteroatoms. The Labute approximate surface area is 174 Å². The smallest absolute Gasteiger partial charge is 0.254 e. The number of pyridine rings is 1. The Morgan fingerprint density at radius 1 is 1.00 bits per heavy atom. The van der Waals surface area contributed by atoms with Gasteiger partial charge in [0.1, 0.15) is 11.4 Å². The predicted octanol–water partition coefficient (Wildman–Crippen LogP) is 3.42. The van der Waals surface area contributed by atoms with Gasteiger partial charge in [-0.3, -0.25) is 19.6 Å². The number of amidine groups is 1. The van der Waals surface area contributed by atoms with Crippen molar-refractivity contribution in [2.45, 2.75) is 25.3 Å². The van der Waals surface area contributed by atoms with Crippen molar-refractivity contribution in [2.75, 3.05) is 13.1 Å². The summed E-state index contributed by atoms with van der Waals surface area (Å²) in [4.78, 5) is 36.2. The lowest BCUT2D eigenvalue weighted by Crippen LogP contribution is -2.50. The molecular formula is C24H22N4O2. The van der Waals surface area contributed by atoms with Crippen LogP contribution in [0.25, 0.3) is 21.9 Å². The first-order chi connectivity index (χ1) is 14.6. The highest BCUT2D eigenvalue weighted by Gasteiger charge is 2.45. The van der Waals surface area contributed by atoms with Gasteiger partial charge in [-0.2, -0.15) is 0 Å². The summed E-state index contributed by atoms with van der Waals surface area (Å²) in [6, 6.07) is 15.9. The minimum Gasteiger partial charge on any atom is -0.338 e. The number of aliphatic imine (C=N–C) groups is 1. The molecule has 0 atom stereocenters. The van der Waals surface area contributed by atoms with Crippen LogP contribution in [0.15, 0.2) is 65.9 Å². The van der Waals surface area contributed by atoms with Gasteiger partial charge < -0.3 is 10.2 Å². The topological polar surface area (TPSA) is 74.7 Å². The number of piperidine rings is 1. The largest absolute Gasteiger partial charge is 0.338 e. The first kappa shape index (κ1) is 18.5. The molecule has 6 nitrogen and oxygen atoms in total.